The van der Waals surface area contributed by atoms with Gasteiger partial charge in [-0.3, -0.25) is 4.79 Å². The SMILES string of the molecule is C=O.COCCNC(=O)c1cccc(-c2ccc3c(c2)CCC(N2CCCC2)C3)c1. The van der Waals surface area contributed by atoms with Crippen LogP contribution in [0.1, 0.15) is 40.7 Å². The Morgan fingerprint density at radius 2 is 1.87 bits per heavy atom. The first-order valence-electron chi connectivity index (χ1n) is 10.8. The van der Waals surface area contributed by atoms with Gasteiger partial charge in [0, 0.05) is 25.3 Å². The third kappa shape index (κ3) is 5.35. The van der Waals surface area contributed by atoms with E-state index in [0.717, 1.165) is 18.0 Å². The Balaban J connectivity index is 0.00000124. The number of ether oxygens (including phenoxy) is 1. The summed E-state index contributed by atoms with van der Waals surface area (Å²) in [6, 6.07) is 15.5. The van der Waals surface area contributed by atoms with E-state index in [2.05, 4.69) is 34.5 Å². The summed E-state index contributed by atoms with van der Waals surface area (Å²) in [4.78, 5) is 23.0. The molecular formula is C25H32N2O3. The van der Waals surface area contributed by atoms with Gasteiger partial charge in [-0.25, -0.2) is 0 Å². The summed E-state index contributed by atoms with van der Waals surface area (Å²) in [5.74, 6) is -0.0506. The Morgan fingerprint density at radius 1 is 1.10 bits per heavy atom. The summed E-state index contributed by atoms with van der Waals surface area (Å²) >= 11 is 0. The fourth-order valence-corrected chi connectivity index (χ4v) is 4.54. The molecule has 2 aromatic carbocycles. The second kappa shape index (κ2) is 11.0. The number of nitrogens with zero attached hydrogens (tertiary/aromatic N) is 1. The monoisotopic (exact) mass is 408 g/mol. The highest BCUT2D eigenvalue weighted by Gasteiger charge is 2.26. The van der Waals surface area contributed by atoms with Crippen molar-refractivity contribution >= 4 is 12.7 Å². The highest BCUT2D eigenvalue weighted by atomic mass is 16.5. The quantitative estimate of drug-likeness (QED) is 0.744. The number of rotatable bonds is 6. The number of amides is 1. The summed E-state index contributed by atoms with van der Waals surface area (Å²) in [6.45, 7) is 5.60. The van der Waals surface area contributed by atoms with Crippen molar-refractivity contribution in [3.05, 3.63) is 59.2 Å². The third-order valence-electron chi connectivity index (χ3n) is 6.12. The van der Waals surface area contributed by atoms with Gasteiger partial charge in [0.25, 0.3) is 5.91 Å². The van der Waals surface area contributed by atoms with E-state index >= 15 is 0 Å². The van der Waals surface area contributed by atoms with E-state index in [0.29, 0.717) is 18.7 Å². The predicted octanol–water partition coefficient (Wildman–Crippen LogP) is 3.50. The summed E-state index contributed by atoms with van der Waals surface area (Å²) in [5.41, 5.74) is 5.97. The lowest BCUT2D eigenvalue weighted by atomic mass is 9.85. The largest absolute Gasteiger partial charge is 0.383 e. The number of nitrogens with one attached hydrogen (secondary N) is 1. The molecule has 1 heterocycles. The Morgan fingerprint density at radius 3 is 2.63 bits per heavy atom. The van der Waals surface area contributed by atoms with Gasteiger partial charge < -0.3 is 19.7 Å². The highest BCUT2D eigenvalue weighted by Crippen LogP contribution is 2.30. The van der Waals surface area contributed by atoms with Crippen LogP contribution in [-0.2, 0) is 22.4 Å². The molecule has 5 heteroatoms. The van der Waals surface area contributed by atoms with Crippen LogP contribution in [0.25, 0.3) is 11.1 Å². The van der Waals surface area contributed by atoms with Gasteiger partial charge in [-0.1, -0.05) is 30.3 Å². The molecule has 5 nitrogen and oxygen atoms in total. The molecule has 1 N–H and O–H groups in total. The minimum atomic E-state index is -0.0506. The molecule has 30 heavy (non-hydrogen) atoms. The number of hydrogen-bond donors (Lipinski definition) is 1. The van der Waals surface area contributed by atoms with E-state index in [-0.39, 0.29) is 5.91 Å². The number of benzene rings is 2. The maximum Gasteiger partial charge on any atom is 0.251 e. The van der Waals surface area contributed by atoms with E-state index in [1.54, 1.807) is 7.11 Å². The molecule has 0 bridgehead atoms. The van der Waals surface area contributed by atoms with Crippen molar-refractivity contribution < 1.29 is 14.3 Å². The molecule has 1 atom stereocenters. The molecule has 2 aromatic rings. The van der Waals surface area contributed by atoms with Crippen molar-refractivity contribution in [1.29, 1.82) is 0 Å². The van der Waals surface area contributed by atoms with Gasteiger partial charge in [0.2, 0.25) is 0 Å². The van der Waals surface area contributed by atoms with Crippen molar-refractivity contribution in [3.63, 3.8) is 0 Å². The molecule has 1 amide bonds. The molecule has 1 aliphatic carbocycles. The first-order chi connectivity index (χ1) is 14.7. The number of aryl methyl sites for hydroxylation is 1. The van der Waals surface area contributed by atoms with Gasteiger partial charge in [0.15, 0.2) is 0 Å². The molecule has 0 aromatic heterocycles. The lowest BCUT2D eigenvalue weighted by molar-refractivity contribution is -0.0980. The third-order valence-corrected chi connectivity index (χ3v) is 6.12. The van der Waals surface area contributed by atoms with Gasteiger partial charge in [0.05, 0.1) is 6.61 Å². The number of hydrogen-bond acceptors (Lipinski definition) is 4. The fourth-order valence-electron chi connectivity index (χ4n) is 4.54. The van der Waals surface area contributed by atoms with Crippen LogP contribution in [0, 0.1) is 0 Å². The van der Waals surface area contributed by atoms with Crippen molar-refractivity contribution in [2.45, 2.75) is 38.1 Å². The van der Waals surface area contributed by atoms with Crippen LogP contribution >= 0.6 is 0 Å². The van der Waals surface area contributed by atoms with Gasteiger partial charge in [-0.15, -0.1) is 0 Å². The number of carbonyl (C=O) groups is 2. The van der Waals surface area contributed by atoms with Gasteiger partial charge >= 0.3 is 0 Å². The van der Waals surface area contributed by atoms with Crippen LogP contribution in [0.2, 0.25) is 0 Å². The average Bonchev–Trinajstić information content (AvgIpc) is 3.35. The second-order valence-electron chi connectivity index (χ2n) is 7.95. The zero-order valence-electron chi connectivity index (χ0n) is 17.9. The number of fused-ring (bicyclic) bond motifs is 1. The smallest absolute Gasteiger partial charge is 0.251 e. The Labute approximate surface area is 179 Å². The van der Waals surface area contributed by atoms with Crippen molar-refractivity contribution in [2.75, 3.05) is 33.4 Å². The zero-order valence-corrected chi connectivity index (χ0v) is 17.9. The van der Waals surface area contributed by atoms with Crippen molar-refractivity contribution in [3.8, 4) is 11.1 Å². The molecule has 1 unspecified atom stereocenters. The van der Waals surface area contributed by atoms with Crippen LogP contribution in [-0.4, -0.2) is 57.0 Å². The maximum atomic E-state index is 12.3. The Hall–Kier alpha value is -2.50. The zero-order chi connectivity index (χ0) is 21.3. The molecule has 160 valence electrons. The number of carbonyl (C=O) groups excluding carboxylic acids is 2. The molecule has 0 saturated carbocycles. The molecule has 4 rings (SSSR count). The number of methoxy groups -OCH3 is 1. The first kappa shape index (κ1) is 22.2. The molecule has 1 aliphatic heterocycles. The summed E-state index contributed by atoms with van der Waals surface area (Å²) in [5, 5.41) is 2.89. The lowest BCUT2D eigenvalue weighted by Gasteiger charge is -2.32. The van der Waals surface area contributed by atoms with Crippen LogP contribution in [0.4, 0.5) is 0 Å². The molecule has 1 saturated heterocycles. The normalized spacial score (nSPS) is 18.2. The van der Waals surface area contributed by atoms with E-state index in [1.807, 2.05) is 25.0 Å². The van der Waals surface area contributed by atoms with E-state index in [1.165, 1.54) is 55.5 Å². The standard InChI is InChI=1S/C24H30N2O2.CH2O/c1-28-14-11-25-24(27)22-6-4-5-18(16-22)19-7-8-21-17-23(10-9-20(21)15-19)26-12-2-3-13-26;1-2/h4-8,15-16,23H,2-3,9-14,17H2,1H3,(H,25,27);1H2. The van der Waals surface area contributed by atoms with Gasteiger partial charge in [-0.05, 0) is 79.6 Å². The summed E-state index contributed by atoms with van der Waals surface area (Å²) in [6.07, 6.45) is 6.31. The molecule has 0 radical (unpaired) electrons. The predicted molar refractivity (Wildman–Crippen MR) is 120 cm³/mol. The van der Waals surface area contributed by atoms with Crippen molar-refractivity contribution in [2.24, 2.45) is 0 Å². The molecule has 0 spiro atoms. The summed E-state index contributed by atoms with van der Waals surface area (Å²) in [7, 11) is 1.64. The first-order valence-corrected chi connectivity index (χ1v) is 10.8. The molecular weight excluding hydrogens is 376 g/mol. The minimum Gasteiger partial charge on any atom is -0.383 e. The average molecular weight is 409 g/mol. The van der Waals surface area contributed by atoms with Crippen molar-refractivity contribution in [1.82, 2.24) is 10.2 Å². The van der Waals surface area contributed by atoms with Crippen LogP contribution < -0.4 is 5.32 Å². The minimum absolute atomic E-state index is 0.0506. The van der Waals surface area contributed by atoms with E-state index in [9.17, 15) is 4.79 Å². The Kier molecular flexibility index (Phi) is 8.17. The van der Waals surface area contributed by atoms with Gasteiger partial charge in [0.1, 0.15) is 6.79 Å². The topological polar surface area (TPSA) is 58.6 Å². The van der Waals surface area contributed by atoms with E-state index in [4.69, 9.17) is 9.53 Å². The fraction of sp³-hybridized carbons (Fsp3) is 0.440. The molecule has 2 aliphatic rings. The molecule has 1 fully saturated rings. The van der Waals surface area contributed by atoms with Crippen LogP contribution in [0.3, 0.4) is 0 Å². The van der Waals surface area contributed by atoms with Gasteiger partial charge in [-0.2, -0.15) is 0 Å². The van der Waals surface area contributed by atoms with E-state index < -0.39 is 0 Å². The Bertz CT molecular complexity index is 846. The highest BCUT2D eigenvalue weighted by molar-refractivity contribution is 5.95. The van der Waals surface area contributed by atoms with Crippen LogP contribution in [0.15, 0.2) is 42.5 Å². The second-order valence-corrected chi connectivity index (χ2v) is 7.95. The number of likely N-dealkylation sites (tertiary alicyclic amines) is 1. The lowest BCUT2D eigenvalue weighted by Crippen LogP contribution is -2.37. The maximum absolute atomic E-state index is 12.3. The summed E-state index contributed by atoms with van der Waals surface area (Å²) < 4.78 is 5.00. The van der Waals surface area contributed by atoms with Crippen LogP contribution in [0.5, 0.6) is 0 Å².